The Morgan fingerprint density at radius 1 is 1.54 bits per heavy atom. The van der Waals surface area contributed by atoms with E-state index in [2.05, 4.69) is 30.9 Å². The van der Waals surface area contributed by atoms with Crippen molar-refractivity contribution in [2.24, 2.45) is 0 Å². The minimum absolute atomic E-state index is 0.0832. The van der Waals surface area contributed by atoms with E-state index in [4.69, 9.17) is 4.74 Å². The number of methoxy groups -OCH3 is 1. The highest BCUT2D eigenvalue weighted by Crippen LogP contribution is 2.23. The summed E-state index contributed by atoms with van der Waals surface area (Å²) in [6, 6.07) is 0. The third-order valence-electron chi connectivity index (χ3n) is 2.83. The van der Waals surface area contributed by atoms with Crippen LogP contribution in [0.3, 0.4) is 0 Å². The first-order valence-electron chi connectivity index (χ1n) is 5.09. The molecule has 0 amide bonds. The maximum absolute atomic E-state index is 5.52. The Hall–Kier alpha value is -0.340. The van der Waals surface area contributed by atoms with Crippen molar-refractivity contribution in [1.29, 1.82) is 0 Å². The van der Waals surface area contributed by atoms with Gasteiger partial charge in [0.15, 0.2) is 0 Å². The van der Waals surface area contributed by atoms with Crippen molar-refractivity contribution in [3.05, 3.63) is 12.2 Å². The lowest BCUT2D eigenvalue weighted by Gasteiger charge is -2.39. The van der Waals surface area contributed by atoms with Crippen LogP contribution in [0.1, 0.15) is 26.7 Å². The summed E-state index contributed by atoms with van der Waals surface area (Å²) in [4.78, 5) is 2.45. The topological polar surface area (TPSA) is 12.5 Å². The van der Waals surface area contributed by atoms with E-state index in [9.17, 15) is 0 Å². The van der Waals surface area contributed by atoms with Crippen molar-refractivity contribution >= 4 is 0 Å². The van der Waals surface area contributed by atoms with E-state index in [0.29, 0.717) is 0 Å². The highest BCUT2D eigenvalue weighted by molar-refractivity contribution is 4.89. The molecule has 0 aliphatic carbocycles. The summed E-state index contributed by atoms with van der Waals surface area (Å²) in [7, 11) is 1.82. The van der Waals surface area contributed by atoms with E-state index < -0.39 is 0 Å². The van der Waals surface area contributed by atoms with E-state index in [0.717, 1.165) is 13.1 Å². The average molecular weight is 183 g/mol. The SMILES string of the molecule is C/C=C/CN1CCCC(C)(OC)C1. The lowest BCUT2D eigenvalue weighted by atomic mass is 9.95. The molecule has 1 aliphatic rings. The van der Waals surface area contributed by atoms with E-state index >= 15 is 0 Å². The number of hydrogen-bond donors (Lipinski definition) is 0. The third-order valence-corrected chi connectivity index (χ3v) is 2.83. The van der Waals surface area contributed by atoms with Gasteiger partial charge in [-0.15, -0.1) is 0 Å². The average Bonchev–Trinajstić information content (AvgIpc) is 2.15. The zero-order valence-electron chi connectivity index (χ0n) is 9.05. The van der Waals surface area contributed by atoms with Gasteiger partial charge >= 0.3 is 0 Å². The Labute approximate surface area is 81.6 Å². The molecule has 0 saturated carbocycles. The van der Waals surface area contributed by atoms with Crippen LogP contribution in [0, 0.1) is 0 Å². The molecule has 0 aromatic rings. The molecule has 0 N–H and O–H groups in total. The van der Waals surface area contributed by atoms with Gasteiger partial charge < -0.3 is 4.74 Å². The molecule has 1 saturated heterocycles. The minimum atomic E-state index is 0.0832. The first-order valence-corrected chi connectivity index (χ1v) is 5.09. The first kappa shape index (κ1) is 10.7. The molecule has 1 rings (SSSR count). The summed E-state index contributed by atoms with van der Waals surface area (Å²) in [5.41, 5.74) is 0.0832. The van der Waals surface area contributed by atoms with Crippen molar-refractivity contribution in [1.82, 2.24) is 4.90 Å². The fourth-order valence-corrected chi connectivity index (χ4v) is 1.88. The molecule has 1 aliphatic heterocycles. The second-order valence-corrected chi connectivity index (χ2v) is 4.06. The Bertz CT molecular complexity index is 179. The van der Waals surface area contributed by atoms with Crippen molar-refractivity contribution in [3.63, 3.8) is 0 Å². The lowest BCUT2D eigenvalue weighted by Crippen LogP contribution is -2.47. The largest absolute Gasteiger partial charge is 0.377 e. The van der Waals surface area contributed by atoms with Crippen LogP contribution in [0.25, 0.3) is 0 Å². The molecule has 76 valence electrons. The Balaban J connectivity index is 2.41. The molecule has 2 heteroatoms. The second-order valence-electron chi connectivity index (χ2n) is 4.06. The van der Waals surface area contributed by atoms with Crippen molar-refractivity contribution in [3.8, 4) is 0 Å². The Kier molecular flexibility index (Phi) is 3.94. The van der Waals surface area contributed by atoms with Crippen LogP contribution in [0.15, 0.2) is 12.2 Å². The summed E-state index contributed by atoms with van der Waals surface area (Å²) in [6.07, 6.45) is 6.76. The van der Waals surface area contributed by atoms with Crippen molar-refractivity contribution in [2.75, 3.05) is 26.7 Å². The zero-order chi connectivity index (χ0) is 9.73. The first-order chi connectivity index (χ1) is 6.20. The summed E-state index contributed by atoms with van der Waals surface area (Å²) in [5.74, 6) is 0. The van der Waals surface area contributed by atoms with Gasteiger partial charge in [0.05, 0.1) is 5.60 Å². The van der Waals surface area contributed by atoms with E-state index in [1.807, 2.05) is 7.11 Å². The normalized spacial score (nSPS) is 31.3. The van der Waals surface area contributed by atoms with Gasteiger partial charge in [-0.25, -0.2) is 0 Å². The van der Waals surface area contributed by atoms with Crippen molar-refractivity contribution in [2.45, 2.75) is 32.3 Å². The third kappa shape index (κ3) is 3.12. The number of nitrogens with zero attached hydrogens (tertiary/aromatic N) is 1. The molecule has 0 spiro atoms. The van der Waals surface area contributed by atoms with Gasteiger partial charge in [0.1, 0.15) is 0 Å². The smallest absolute Gasteiger partial charge is 0.0777 e. The number of rotatable bonds is 3. The van der Waals surface area contributed by atoms with Gasteiger partial charge in [-0.05, 0) is 33.2 Å². The molecule has 0 aromatic heterocycles. The maximum Gasteiger partial charge on any atom is 0.0777 e. The molecular weight excluding hydrogens is 162 g/mol. The minimum Gasteiger partial charge on any atom is -0.377 e. The highest BCUT2D eigenvalue weighted by Gasteiger charge is 2.29. The number of piperidine rings is 1. The van der Waals surface area contributed by atoms with Crippen LogP contribution < -0.4 is 0 Å². The lowest BCUT2D eigenvalue weighted by molar-refractivity contribution is -0.0478. The maximum atomic E-state index is 5.52. The molecule has 13 heavy (non-hydrogen) atoms. The zero-order valence-corrected chi connectivity index (χ0v) is 9.05. The van der Waals surface area contributed by atoms with Crippen LogP contribution in [0.4, 0.5) is 0 Å². The van der Waals surface area contributed by atoms with Crippen LogP contribution in [-0.2, 0) is 4.74 Å². The molecule has 2 nitrogen and oxygen atoms in total. The van der Waals surface area contributed by atoms with Crippen LogP contribution in [0.5, 0.6) is 0 Å². The molecule has 1 unspecified atom stereocenters. The predicted molar refractivity (Wildman–Crippen MR) is 55.9 cm³/mol. The van der Waals surface area contributed by atoms with E-state index in [1.54, 1.807) is 0 Å². The summed E-state index contributed by atoms with van der Waals surface area (Å²) in [6.45, 7) is 7.61. The van der Waals surface area contributed by atoms with Gasteiger partial charge in [-0.3, -0.25) is 4.90 Å². The van der Waals surface area contributed by atoms with Gasteiger partial charge in [0.2, 0.25) is 0 Å². The summed E-state index contributed by atoms with van der Waals surface area (Å²) in [5, 5.41) is 0. The van der Waals surface area contributed by atoms with Crippen molar-refractivity contribution < 1.29 is 4.74 Å². The molecule has 0 aromatic carbocycles. The monoisotopic (exact) mass is 183 g/mol. The molecular formula is C11H21NO. The summed E-state index contributed by atoms with van der Waals surface area (Å²) >= 11 is 0. The standard InChI is InChI=1S/C11H21NO/c1-4-5-8-12-9-6-7-11(2,10-12)13-3/h4-5H,6-10H2,1-3H3/b5-4+. The van der Waals surface area contributed by atoms with Gasteiger partial charge in [-0.1, -0.05) is 12.2 Å². The van der Waals surface area contributed by atoms with Gasteiger partial charge in [0, 0.05) is 20.2 Å². The number of likely N-dealkylation sites (tertiary alicyclic amines) is 1. The molecule has 0 radical (unpaired) electrons. The molecule has 1 atom stereocenters. The number of ether oxygens (including phenoxy) is 1. The van der Waals surface area contributed by atoms with E-state index in [1.165, 1.54) is 19.4 Å². The number of allylic oxidation sites excluding steroid dienone is 1. The fourth-order valence-electron chi connectivity index (χ4n) is 1.88. The Morgan fingerprint density at radius 3 is 2.92 bits per heavy atom. The quantitative estimate of drug-likeness (QED) is 0.621. The number of hydrogen-bond acceptors (Lipinski definition) is 2. The summed E-state index contributed by atoms with van der Waals surface area (Å²) < 4.78 is 5.52. The predicted octanol–water partition coefficient (Wildman–Crippen LogP) is 2.06. The van der Waals surface area contributed by atoms with E-state index in [-0.39, 0.29) is 5.60 Å². The van der Waals surface area contributed by atoms with Crippen LogP contribution in [-0.4, -0.2) is 37.2 Å². The second kappa shape index (κ2) is 4.77. The fraction of sp³-hybridized carbons (Fsp3) is 0.818. The highest BCUT2D eigenvalue weighted by atomic mass is 16.5. The Morgan fingerprint density at radius 2 is 2.31 bits per heavy atom. The molecule has 1 heterocycles. The van der Waals surface area contributed by atoms with Crippen LogP contribution in [0.2, 0.25) is 0 Å². The molecule has 0 bridgehead atoms. The van der Waals surface area contributed by atoms with Crippen LogP contribution >= 0.6 is 0 Å². The van der Waals surface area contributed by atoms with Gasteiger partial charge in [-0.2, -0.15) is 0 Å². The molecule has 1 fully saturated rings. The van der Waals surface area contributed by atoms with Gasteiger partial charge in [0.25, 0.3) is 0 Å².